The summed E-state index contributed by atoms with van der Waals surface area (Å²) in [5.41, 5.74) is 5.67. The van der Waals surface area contributed by atoms with E-state index in [0.717, 1.165) is 17.0 Å². The van der Waals surface area contributed by atoms with E-state index in [9.17, 15) is 0 Å². The number of hydrogen-bond donors (Lipinski definition) is 0. The van der Waals surface area contributed by atoms with Crippen molar-refractivity contribution in [3.05, 3.63) is 47.2 Å². The van der Waals surface area contributed by atoms with E-state index in [0.29, 0.717) is 5.92 Å². The predicted octanol–water partition coefficient (Wildman–Crippen LogP) is 4.48. The largest absolute Gasteiger partial charge is 0.360 e. The minimum atomic E-state index is 0.559. The third-order valence-electron chi connectivity index (χ3n) is 3.63. The van der Waals surface area contributed by atoms with Gasteiger partial charge in [-0.25, -0.2) is 0 Å². The normalized spacial score (nSPS) is 14.8. The number of hydrogen-bond acceptors (Lipinski definition) is 2. The van der Waals surface area contributed by atoms with Gasteiger partial charge in [-0.3, -0.25) is 0 Å². The summed E-state index contributed by atoms with van der Waals surface area (Å²) in [6, 6.07) is 6.30. The molecule has 2 heteroatoms. The molecule has 1 fully saturated rings. The van der Waals surface area contributed by atoms with Crippen LogP contribution >= 0.6 is 0 Å². The minimum Gasteiger partial charge on any atom is -0.360 e. The average molecular weight is 239 g/mol. The first-order chi connectivity index (χ1) is 8.72. The van der Waals surface area contributed by atoms with Crippen molar-refractivity contribution in [2.24, 2.45) is 0 Å². The molecule has 2 aromatic rings. The van der Waals surface area contributed by atoms with Crippen molar-refractivity contribution < 1.29 is 4.52 Å². The van der Waals surface area contributed by atoms with Gasteiger partial charge in [-0.1, -0.05) is 36.0 Å². The van der Waals surface area contributed by atoms with Crippen LogP contribution in [-0.2, 0) is 0 Å². The van der Waals surface area contributed by atoms with Crippen LogP contribution in [0.5, 0.6) is 0 Å². The van der Waals surface area contributed by atoms with Crippen LogP contribution in [0, 0.1) is 13.8 Å². The molecule has 0 radical (unpaired) electrons. The number of rotatable bonds is 3. The van der Waals surface area contributed by atoms with Crippen molar-refractivity contribution in [2.45, 2.75) is 32.6 Å². The predicted molar refractivity (Wildman–Crippen MR) is 73.5 cm³/mol. The zero-order valence-corrected chi connectivity index (χ0v) is 10.9. The molecule has 0 aliphatic heterocycles. The summed E-state index contributed by atoms with van der Waals surface area (Å²) in [4.78, 5) is 0. The van der Waals surface area contributed by atoms with Gasteiger partial charge in [-0.2, -0.15) is 0 Å². The molecular weight excluding hydrogens is 222 g/mol. The van der Waals surface area contributed by atoms with Crippen LogP contribution in [0.4, 0.5) is 0 Å². The molecule has 0 atom stereocenters. The molecule has 0 unspecified atom stereocenters. The fourth-order valence-electron chi connectivity index (χ4n) is 2.52. The van der Waals surface area contributed by atoms with E-state index < -0.39 is 0 Å². The Balaban J connectivity index is 2.19. The first-order valence-electron chi connectivity index (χ1n) is 6.41. The first-order valence-corrected chi connectivity index (χ1v) is 6.41. The summed E-state index contributed by atoms with van der Waals surface area (Å²) in [5.74, 6) is 1.58. The first kappa shape index (κ1) is 11.3. The molecule has 0 saturated heterocycles. The topological polar surface area (TPSA) is 26.0 Å². The molecule has 0 spiro atoms. The van der Waals surface area contributed by atoms with E-state index >= 15 is 0 Å². The fourth-order valence-corrected chi connectivity index (χ4v) is 2.52. The standard InChI is InChI=1S/C16H17NO/c1-4-13-15(17-18-16(13)12-8-9-12)14-10(2)6-5-7-11(14)3/h4-7,12H,1,8-9H2,2-3H3. The Morgan fingerprint density at radius 3 is 2.50 bits per heavy atom. The number of aryl methyl sites for hydroxylation is 2. The second kappa shape index (κ2) is 4.13. The van der Waals surface area contributed by atoms with Gasteiger partial charge < -0.3 is 4.52 Å². The fraction of sp³-hybridized carbons (Fsp3) is 0.312. The van der Waals surface area contributed by atoms with Crippen molar-refractivity contribution in [2.75, 3.05) is 0 Å². The van der Waals surface area contributed by atoms with Gasteiger partial charge in [0, 0.05) is 17.0 Å². The highest BCUT2D eigenvalue weighted by atomic mass is 16.5. The van der Waals surface area contributed by atoms with Crippen LogP contribution in [0.1, 0.15) is 41.2 Å². The van der Waals surface area contributed by atoms with Crippen LogP contribution in [0.25, 0.3) is 17.3 Å². The van der Waals surface area contributed by atoms with Crippen molar-refractivity contribution in [3.8, 4) is 11.3 Å². The summed E-state index contributed by atoms with van der Waals surface area (Å²) in [6.07, 6.45) is 4.30. The van der Waals surface area contributed by atoms with Crippen LogP contribution < -0.4 is 0 Å². The molecule has 1 saturated carbocycles. The lowest BCUT2D eigenvalue weighted by Crippen LogP contribution is -1.90. The lowest BCUT2D eigenvalue weighted by atomic mass is 9.96. The molecule has 1 aromatic carbocycles. The van der Waals surface area contributed by atoms with E-state index in [1.165, 1.54) is 29.5 Å². The van der Waals surface area contributed by atoms with Crippen LogP contribution in [-0.4, -0.2) is 5.16 Å². The Hall–Kier alpha value is -1.83. The molecule has 0 amide bonds. The van der Waals surface area contributed by atoms with Crippen molar-refractivity contribution in [3.63, 3.8) is 0 Å². The average Bonchev–Trinajstić information content (AvgIpc) is 3.10. The lowest BCUT2D eigenvalue weighted by Gasteiger charge is -2.07. The van der Waals surface area contributed by atoms with E-state index in [-0.39, 0.29) is 0 Å². The molecular formula is C16H17NO. The van der Waals surface area contributed by atoms with Crippen molar-refractivity contribution >= 4 is 6.08 Å². The van der Waals surface area contributed by atoms with E-state index in [1.807, 2.05) is 6.08 Å². The van der Waals surface area contributed by atoms with Crippen LogP contribution in [0.3, 0.4) is 0 Å². The van der Waals surface area contributed by atoms with E-state index in [1.54, 1.807) is 0 Å². The minimum absolute atomic E-state index is 0.559. The maximum absolute atomic E-state index is 5.55. The Morgan fingerprint density at radius 2 is 1.94 bits per heavy atom. The maximum atomic E-state index is 5.55. The van der Waals surface area contributed by atoms with E-state index in [2.05, 4.69) is 43.8 Å². The van der Waals surface area contributed by atoms with Gasteiger partial charge >= 0.3 is 0 Å². The Labute approximate surface area is 107 Å². The summed E-state index contributed by atoms with van der Waals surface area (Å²) >= 11 is 0. The zero-order chi connectivity index (χ0) is 12.7. The van der Waals surface area contributed by atoms with E-state index in [4.69, 9.17) is 4.52 Å². The Bertz CT molecular complexity index is 585. The van der Waals surface area contributed by atoms with Crippen molar-refractivity contribution in [1.29, 1.82) is 0 Å². The Morgan fingerprint density at radius 1 is 1.28 bits per heavy atom. The highest BCUT2D eigenvalue weighted by Crippen LogP contribution is 2.44. The van der Waals surface area contributed by atoms with Crippen molar-refractivity contribution in [1.82, 2.24) is 5.16 Å². The molecule has 1 aliphatic carbocycles. The highest BCUT2D eigenvalue weighted by Gasteiger charge is 2.31. The molecule has 2 nitrogen and oxygen atoms in total. The molecule has 92 valence electrons. The summed E-state index contributed by atoms with van der Waals surface area (Å²) in [5, 5.41) is 4.29. The van der Waals surface area contributed by atoms with Gasteiger partial charge in [0.1, 0.15) is 11.5 Å². The maximum Gasteiger partial charge on any atom is 0.147 e. The second-order valence-electron chi connectivity index (χ2n) is 5.05. The van der Waals surface area contributed by atoms with Gasteiger partial charge in [-0.15, -0.1) is 0 Å². The number of benzene rings is 1. The smallest absolute Gasteiger partial charge is 0.147 e. The van der Waals surface area contributed by atoms with Gasteiger partial charge in [-0.05, 0) is 37.8 Å². The van der Waals surface area contributed by atoms with Gasteiger partial charge in [0.15, 0.2) is 0 Å². The number of nitrogens with zero attached hydrogens (tertiary/aromatic N) is 1. The molecule has 1 aliphatic rings. The molecule has 18 heavy (non-hydrogen) atoms. The molecule has 3 rings (SSSR count). The molecule has 1 heterocycles. The van der Waals surface area contributed by atoms with Crippen LogP contribution in [0.2, 0.25) is 0 Å². The Kier molecular flexibility index (Phi) is 2.58. The quantitative estimate of drug-likeness (QED) is 0.789. The van der Waals surface area contributed by atoms with Gasteiger partial charge in [0.25, 0.3) is 0 Å². The summed E-state index contributed by atoms with van der Waals surface area (Å²) in [7, 11) is 0. The third kappa shape index (κ3) is 1.69. The van der Waals surface area contributed by atoms with Gasteiger partial charge in [0.05, 0.1) is 0 Å². The lowest BCUT2D eigenvalue weighted by molar-refractivity contribution is 0.386. The highest BCUT2D eigenvalue weighted by molar-refractivity contribution is 5.77. The monoisotopic (exact) mass is 239 g/mol. The summed E-state index contributed by atoms with van der Waals surface area (Å²) < 4.78 is 5.55. The van der Waals surface area contributed by atoms with Crippen LogP contribution in [0.15, 0.2) is 29.3 Å². The molecule has 0 bridgehead atoms. The third-order valence-corrected chi connectivity index (χ3v) is 3.63. The SMILES string of the molecule is C=Cc1c(-c2c(C)cccc2C)noc1C1CC1. The van der Waals surface area contributed by atoms with Gasteiger partial charge in [0.2, 0.25) is 0 Å². The number of aromatic nitrogens is 1. The summed E-state index contributed by atoms with van der Waals surface area (Å²) in [6.45, 7) is 8.14. The molecule has 1 aromatic heterocycles. The zero-order valence-electron chi connectivity index (χ0n) is 10.9. The second-order valence-corrected chi connectivity index (χ2v) is 5.05. The molecule has 0 N–H and O–H groups in total.